The maximum atomic E-state index is 14.9. The first-order valence-electron chi connectivity index (χ1n) is 14.0. The van der Waals surface area contributed by atoms with Crippen LogP contribution in [0.4, 0.5) is 35.1 Å². The van der Waals surface area contributed by atoms with Gasteiger partial charge in [0, 0.05) is 24.0 Å². The zero-order valence-corrected chi connectivity index (χ0v) is 23.4. The monoisotopic (exact) mass is 628 g/mol. The summed E-state index contributed by atoms with van der Waals surface area (Å²) in [5, 5.41) is 0. The van der Waals surface area contributed by atoms with Gasteiger partial charge in [0.1, 0.15) is 22.9 Å². The van der Waals surface area contributed by atoms with Crippen molar-refractivity contribution >= 4 is 0 Å². The molecule has 12 heteroatoms. The van der Waals surface area contributed by atoms with Crippen molar-refractivity contribution in [2.75, 3.05) is 13.2 Å². The summed E-state index contributed by atoms with van der Waals surface area (Å²) >= 11 is 0. The molecule has 0 amide bonds. The molecule has 2 fully saturated rings. The van der Waals surface area contributed by atoms with Crippen LogP contribution in [0.15, 0.2) is 60.9 Å². The van der Waals surface area contributed by atoms with E-state index in [1.54, 1.807) is 12.1 Å². The molecule has 3 aromatic rings. The Labute approximate surface area is 248 Å². The van der Waals surface area contributed by atoms with Crippen molar-refractivity contribution in [3.63, 3.8) is 0 Å². The first-order chi connectivity index (χ1) is 20.9. The zero-order chi connectivity index (χ0) is 31.6. The van der Waals surface area contributed by atoms with Crippen LogP contribution in [0.3, 0.4) is 0 Å². The molecule has 4 nitrogen and oxygen atoms in total. The molecule has 1 heterocycles. The summed E-state index contributed by atoms with van der Waals surface area (Å²) < 4.78 is 132. The smallest absolute Gasteiger partial charge is 0.432 e. The van der Waals surface area contributed by atoms with Gasteiger partial charge in [-0.25, -0.2) is 17.6 Å². The molecule has 0 aromatic heterocycles. The number of alkyl halides is 2. The van der Waals surface area contributed by atoms with E-state index in [0.29, 0.717) is 42.7 Å². The molecule has 0 bridgehead atoms. The lowest BCUT2D eigenvalue weighted by Crippen LogP contribution is -2.37. The second-order valence-corrected chi connectivity index (χ2v) is 11.0. The summed E-state index contributed by atoms with van der Waals surface area (Å²) in [5.41, 5.74) is -0.362. The van der Waals surface area contributed by atoms with Gasteiger partial charge in [-0.05, 0) is 60.4 Å². The Balaban J connectivity index is 1.26. The fourth-order valence-electron chi connectivity index (χ4n) is 5.59. The highest BCUT2D eigenvalue weighted by molar-refractivity contribution is 5.64. The fraction of sp³-hybridized carbons (Fsp3) is 0.375. The normalized spacial score (nSPS) is 22.4. The minimum Gasteiger partial charge on any atom is -0.453 e. The lowest BCUT2D eigenvalue weighted by Gasteiger charge is -2.37. The second-order valence-electron chi connectivity index (χ2n) is 11.0. The van der Waals surface area contributed by atoms with Gasteiger partial charge in [-0.1, -0.05) is 31.2 Å². The van der Waals surface area contributed by atoms with E-state index in [0.717, 1.165) is 31.2 Å². The Morgan fingerprint density at radius 1 is 0.795 bits per heavy atom. The van der Waals surface area contributed by atoms with E-state index in [4.69, 9.17) is 9.47 Å². The summed E-state index contributed by atoms with van der Waals surface area (Å²) in [5.74, 6) is -8.12. The molecule has 2 aliphatic rings. The molecule has 1 saturated heterocycles. The highest BCUT2D eigenvalue weighted by Gasteiger charge is 2.41. The van der Waals surface area contributed by atoms with Gasteiger partial charge in [0.2, 0.25) is 0 Å². The Hall–Kier alpha value is -3.64. The topological polar surface area (TPSA) is 36.9 Å². The first-order valence-corrected chi connectivity index (χ1v) is 14.0. The number of hydrogen-bond acceptors (Lipinski definition) is 4. The average molecular weight is 629 g/mol. The lowest BCUT2D eigenvalue weighted by atomic mass is 9.78. The van der Waals surface area contributed by atoms with Gasteiger partial charge >= 0.3 is 12.2 Å². The van der Waals surface area contributed by atoms with Gasteiger partial charge in [-0.15, -0.1) is 0 Å². The van der Waals surface area contributed by atoms with Gasteiger partial charge in [0.05, 0.1) is 13.2 Å². The van der Waals surface area contributed by atoms with Crippen molar-refractivity contribution in [2.24, 2.45) is 11.8 Å². The van der Waals surface area contributed by atoms with Crippen LogP contribution in [0.2, 0.25) is 0 Å². The van der Waals surface area contributed by atoms with Crippen molar-refractivity contribution in [3.05, 3.63) is 95.3 Å². The number of halogens is 8. The fourth-order valence-corrected chi connectivity index (χ4v) is 5.59. The van der Waals surface area contributed by atoms with Gasteiger partial charge in [-0.2, -0.15) is 17.6 Å². The van der Waals surface area contributed by atoms with Gasteiger partial charge < -0.3 is 18.9 Å². The van der Waals surface area contributed by atoms with Crippen molar-refractivity contribution in [1.82, 2.24) is 0 Å². The summed E-state index contributed by atoms with van der Waals surface area (Å²) in [7, 11) is 0. The third-order valence-corrected chi connectivity index (χ3v) is 7.78. The highest BCUT2D eigenvalue weighted by atomic mass is 19.3. The standard InChI is InChI=1S/C32H28F8O4/c1-17-14-42-31(43-15-17)21-8-6-19(7-9-21)18-2-4-20(5-3-18)22-10-24(33)29(25(34)11-22)32(39,40)44-23-12-26(35)30(27(36)13-23)41-16-28(37)38/h2-5,10-13,16-17,19,21,31H,6-9,14-15H2,1H3. The molecule has 0 radical (unpaired) electrons. The van der Waals surface area contributed by atoms with Crippen LogP contribution in [0.25, 0.3) is 11.1 Å². The van der Waals surface area contributed by atoms with Crippen LogP contribution < -0.4 is 9.47 Å². The number of benzene rings is 3. The number of rotatable bonds is 8. The van der Waals surface area contributed by atoms with Gasteiger partial charge in [-0.3, -0.25) is 0 Å². The molecular weight excluding hydrogens is 600 g/mol. The van der Waals surface area contributed by atoms with Crippen LogP contribution in [-0.4, -0.2) is 19.5 Å². The highest BCUT2D eigenvalue weighted by Crippen LogP contribution is 2.41. The van der Waals surface area contributed by atoms with Crippen molar-refractivity contribution < 1.29 is 54.1 Å². The maximum absolute atomic E-state index is 14.9. The van der Waals surface area contributed by atoms with E-state index < -0.39 is 52.5 Å². The van der Waals surface area contributed by atoms with Crippen molar-refractivity contribution in [3.8, 4) is 22.6 Å². The molecule has 3 aromatic carbocycles. The predicted octanol–water partition coefficient (Wildman–Crippen LogP) is 9.44. The second kappa shape index (κ2) is 13.2. The molecule has 5 rings (SSSR count). The van der Waals surface area contributed by atoms with E-state index in [9.17, 15) is 35.1 Å². The molecule has 0 N–H and O–H groups in total. The molecule has 1 saturated carbocycles. The molecular formula is C32H28F8O4. The molecule has 1 aliphatic heterocycles. The van der Waals surface area contributed by atoms with Crippen LogP contribution >= 0.6 is 0 Å². The molecule has 0 unspecified atom stereocenters. The number of ether oxygens (including phenoxy) is 4. The summed E-state index contributed by atoms with van der Waals surface area (Å²) in [6.07, 6.45) is -3.83. The quantitative estimate of drug-likeness (QED) is 0.184. The van der Waals surface area contributed by atoms with Crippen LogP contribution in [0, 0.1) is 35.1 Å². The summed E-state index contributed by atoms with van der Waals surface area (Å²) in [6.45, 7) is 3.45. The molecule has 1 aliphatic carbocycles. The minimum absolute atomic E-state index is 0.0117. The zero-order valence-electron chi connectivity index (χ0n) is 23.4. The molecule has 0 spiro atoms. The first kappa shape index (κ1) is 31.8. The lowest BCUT2D eigenvalue weighted by molar-refractivity contribution is -0.226. The van der Waals surface area contributed by atoms with E-state index in [1.807, 2.05) is 12.1 Å². The SMILES string of the molecule is CC1COC(C2CCC(c3ccc(-c4cc(F)c(C(F)(F)Oc5cc(F)c(OC=C(F)F)c(F)c5)c(F)c4)cc3)CC2)OC1. The van der Waals surface area contributed by atoms with Gasteiger partial charge in [0.15, 0.2) is 29.9 Å². The van der Waals surface area contributed by atoms with E-state index in [2.05, 4.69) is 16.4 Å². The van der Waals surface area contributed by atoms with Gasteiger partial charge in [0.25, 0.3) is 0 Å². The molecule has 236 valence electrons. The predicted molar refractivity (Wildman–Crippen MR) is 143 cm³/mol. The summed E-state index contributed by atoms with van der Waals surface area (Å²) in [4.78, 5) is 0. The Kier molecular flexibility index (Phi) is 9.50. The minimum atomic E-state index is -4.70. The van der Waals surface area contributed by atoms with E-state index in [1.165, 1.54) is 0 Å². The van der Waals surface area contributed by atoms with E-state index in [-0.39, 0.29) is 36.2 Å². The number of hydrogen-bond donors (Lipinski definition) is 0. The maximum Gasteiger partial charge on any atom is 0.432 e. The Bertz CT molecular complexity index is 1440. The Morgan fingerprint density at radius 2 is 1.36 bits per heavy atom. The van der Waals surface area contributed by atoms with Crippen molar-refractivity contribution in [1.29, 1.82) is 0 Å². The third-order valence-electron chi connectivity index (χ3n) is 7.78. The van der Waals surface area contributed by atoms with Crippen LogP contribution in [0.5, 0.6) is 11.5 Å². The molecule has 44 heavy (non-hydrogen) atoms. The van der Waals surface area contributed by atoms with Crippen LogP contribution in [-0.2, 0) is 15.6 Å². The molecule has 0 atom stereocenters. The average Bonchev–Trinajstić information content (AvgIpc) is 2.96. The van der Waals surface area contributed by atoms with Crippen LogP contribution in [0.1, 0.15) is 49.7 Å². The largest absolute Gasteiger partial charge is 0.453 e. The third kappa shape index (κ3) is 7.18. The summed E-state index contributed by atoms with van der Waals surface area (Å²) in [6, 6.07) is 8.79. The van der Waals surface area contributed by atoms with Crippen molar-refractivity contribution in [2.45, 2.75) is 50.9 Å². The van der Waals surface area contributed by atoms with E-state index >= 15 is 0 Å². The Morgan fingerprint density at radius 3 is 1.91 bits per heavy atom.